The fourth-order valence-electron chi connectivity index (χ4n) is 3.33. The molecule has 2 heterocycles. The average molecular weight is 436 g/mol. The van der Waals surface area contributed by atoms with Gasteiger partial charge in [0.15, 0.2) is 0 Å². The first-order chi connectivity index (χ1) is 14.9. The Morgan fingerprint density at radius 2 is 1.81 bits per heavy atom. The summed E-state index contributed by atoms with van der Waals surface area (Å²) in [4.78, 5) is 16.9. The van der Waals surface area contributed by atoms with E-state index in [2.05, 4.69) is 15.4 Å². The van der Waals surface area contributed by atoms with Crippen molar-refractivity contribution < 1.29 is 9.18 Å². The maximum Gasteiger partial charge on any atom is 0.230 e. The monoisotopic (exact) mass is 435 g/mol. The van der Waals surface area contributed by atoms with E-state index >= 15 is 0 Å². The number of amides is 1. The topological polar surface area (TPSA) is 85.8 Å². The number of rotatable bonds is 5. The van der Waals surface area contributed by atoms with E-state index in [0.29, 0.717) is 33.3 Å². The molecule has 1 amide bonds. The number of pyridine rings is 1. The first-order valence-electron chi connectivity index (χ1n) is 9.49. The van der Waals surface area contributed by atoms with Gasteiger partial charge in [-0.3, -0.25) is 14.5 Å². The summed E-state index contributed by atoms with van der Waals surface area (Å²) in [6.07, 6.45) is 3.40. The number of anilines is 2. The molecule has 0 radical (unpaired) electrons. The van der Waals surface area contributed by atoms with Gasteiger partial charge in [-0.25, -0.2) is 4.39 Å². The minimum atomic E-state index is -0.334. The fourth-order valence-corrected chi connectivity index (χ4v) is 3.58. The Bertz CT molecular complexity index is 1240. The molecule has 2 aromatic carbocycles. The summed E-state index contributed by atoms with van der Waals surface area (Å²) >= 11 is 6.22. The van der Waals surface area contributed by atoms with Gasteiger partial charge in [0.1, 0.15) is 17.3 Å². The standard InChI is InChI=1S/C23H19ClFN5O/c1-30-23(28-20(31)12-16-4-7-18(26)13-19(16)24)21(14-8-10-27-11-9-14)22(29-30)15-2-5-17(25)6-3-15/h2-11,13H,12,26H2,1H3,(H,28,31). The molecular weight excluding hydrogens is 417 g/mol. The normalized spacial score (nSPS) is 10.8. The number of aromatic nitrogens is 3. The van der Waals surface area contributed by atoms with E-state index in [0.717, 1.165) is 11.1 Å². The number of benzene rings is 2. The second-order valence-electron chi connectivity index (χ2n) is 7.01. The molecule has 156 valence electrons. The van der Waals surface area contributed by atoms with Crippen LogP contribution < -0.4 is 11.1 Å². The largest absolute Gasteiger partial charge is 0.399 e. The zero-order valence-corrected chi connectivity index (χ0v) is 17.4. The average Bonchev–Trinajstić information content (AvgIpc) is 3.07. The molecule has 0 aliphatic heterocycles. The summed E-state index contributed by atoms with van der Waals surface area (Å²) in [6, 6.07) is 14.8. The number of aryl methyl sites for hydroxylation is 1. The highest BCUT2D eigenvalue weighted by Gasteiger charge is 2.21. The number of hydrogen-bond acceptors (Lipinski definition) is 4. The van der Waals surface area contributed by atoms with E-state index in [4.69, 9.17) is 17.3 Å². The molecule has 8 heteroatoms. The number of carbonyl (C=O) groups is 1. The Balaban J connectivity index is 1.73. The van der Waals surface area contributed by atoms with Crippen LogP contribution in [0.3, 0.4) is 0 Å². The van der Waals surface area contributed by atoms with E-state index in [1.54, 1.807) is 54.5 Å². The lowest BCUT2D eigenvalue weighted by Gasteiger charge is -2.11. The maximum absolute atomic E-state index is 13.4. The predicted molar refractivity (Wildman–Crippen MR) is 120 cm³/mol. The van der Waals surface area contributed by atoms with Crippen LogP contribution in [0.1, 0.15) is 5.56 Å². The Hall–Kier alpha value is -3.71. The van der Waals surface area contributed by atoms with E-state index in [-0.39, 0.29) is 18.1 Å². The highest BCUT2D eigenvalue weighted by atomic mass is 35.5. The van der Waals surface area contributed by atoms with E-state index < -0.39 is 0 Å². The van der Waals surface area contributed by atoms with Gasteiger partial charge in [0.05, 0.1) is 12.0 Å². The van der Waals surface area contributed by atoms with Gasteiger partial charge in [0.25, 0.3) is 0 Å². The van der Waals surface area contributed by atoms with Crippen LogP contribution in [0.2, 0.25) is 5.02 Å². The first-order valence-corrected chi connectivity index (χ1v) is 9.87. The van der Waals surface area contributed by atoms with E-state index in [1.165, 1.54) is 12.1 Å². The molecule has 0 unspecified atom stereocenters. The number of halogens is 2. The predicted octanol–water partition coefficient (Wildman–Crippen LogP) is 4.71. The lowest BCUT2D eigenvalue weighted by molar-refractivity contribution is -0.115. The van der Waals surface area contributed by atoms with Gasteiger partial charge in [-0.2, -0.15) is 5.10 Å². The molecule has 0 spiro atoms. The Kier molecular flexibility index (Phi) is 5.68. The molecule has 4 rings (SSSR count). The molecule has 0 atom stereocenters. The first kappa shape index (κ1) is 20.6. The van der Waals surface area contributed by atoms with Crippen molar-refractivity contribution >= 4 is 29.0 Å². The SMILES string of the molecule is Cn1nc(-c2ccc(F)cc2)c(-c2ccncc2)c1NC(=O)Cc1ccc(N)cc1Cl. The number of carbonyl (C=O) groups excluding carboxylic acids is 1. The molecule has 0 aliphatic rings. The van der Waals surface area contributed by atoms with Gasteiger partial charge in [-0.1, -0.05) is 17.7 Å². The zero-order valence-electron chi connectivity index (χ0n) is 16.6. The third-order valence-corrected chi connectivity index (χ3v) is 5.17. The smallest absolute Gasteiger partial charge is 0.230 e. The summed E-state index contributed by atoms with van der Waals surface area (Å²) in [6.45, 7) is 0. The van der Waals surface area contributed by atoms with Crippen LogP contribution in [0.15, 0.2) is 67.0 Å². The van der Waals surface area contributed by atoms with Crippen molar-refractivity contribution in [2.75, 3.05) is 11.1 Å². The van der Waals surface area contributed by atoms with Gasteiger partial charge >= 0.3 is 0 Å². The summed E-state index contributed by atoms with van der Waals surface area (Å²) < 4.78 is 15.0. The molecule has 0 aliphatic carbocycles. The Morgan fingerprint density at radius 1 is 1.10 bits per heavy atom. The van der Waals surface area contributed by atoms with Crippen LogP contribution in [-0.4, -0.2) is 20.7 Å². The number of hydrogen-bond donors (Lipinski definition) is 2. The molecule has 3 N–H and O–H groups in total. The Labute approximate surface area is 183 Å². The second kappa shape index (κ2) is 8.57. The lowest BCUT2D eigenvalue weighted by atomic mass is 10.0. The lowest BCUT2D eigenvalue weighted by Crippen LogP contribution is -2.17. The fraction of sp³-hybridized carbons (Fsp3) is 0.0870. The third kappa shape index (κ3) is 4.41. The molecule has 0 saturated carbocycles. The minimum absolute atomic E-state index is 0.0754. The van der Waals surface area contributed by atoms with Crippen molar-refractivity contribution in [1.82, 2.24) is 14.8 Å². The van der Waals surface area contributed by atoms with Crippen LogP contribution in [0, 0.1) is 5.82 Å². The van der Waals surface area contributed by atoms with Crippen molar-refractivity contribution in [2.24, 2.45) is 7.05 Å². The van der Waals surface area contributed by atoms with Gasteiger partial charge in [-0.15, -0.1) is 0 Å². The molecule has 2 aromatic heterocycles. The molecule has 4 aromatic rings. The van der Waals surface area contributed by atoms with Gasteiger partial charge in [-0.05, 0) is 59.7 Å². The van der Waals surface area contributed by atoms with Gasteiger partial charge < -0.3 is 11.1 Å². The molecule has 6 nitrogen and oxygen atoms in total. The maximum atomic E-state index is 13.4. The highest BCUT2D eigenvalue weighted by Crippen LogP contribution is 2.37. The number of nitrogens with zero attached hydrogens (tertiary/aromatic N) is 3. The van der Waals surface area contributed by atoms with Crippen LogP contribution in [-0.2, 0) is 18.3 Å². The molecular formula is C23H19ClFN5O. The second-order valence-corrected chi connectivity index (χ2v) is 7.42. The highest BCUT2D eigenvalue weighted by molar-refractivity contribution is 6.31. The minimum Gasteiger partial charge on any atom is -0.399 e. The van der Waals surface area contributed by atoms with Crippen LogP contribution in [0.5, 0.6) is 0 Å². The quantitative estimate of drug-likeness (QED) is 0.445. The zero-order chi connectivity index (χ0) is 22.0. The van der Waals surface area contributed by atoms with Crippen LogP contribution >= 0.6 is 11.6 Å². The van der Waals surface area contributed by atoms with Crippen molar-refractivity contribution in [2.45, 2.75) is 6.42 Å². The molecule has 0 fully saturated rings. The number of nitrogens with two attached hydrogens (primary N) is 1. The summed E-state index contributed by atoms with van der Waals surface area (Å²) in [5.74, 6) is -0.0724. The summed E-state index contributed by atoms with van der Waals surface area (Å²) in [7, 11) is 1.74. The summed E-state index contributed by atoms with van der Waals surface area (Å²) in [5.41, 5.74) is 9.81. The molecule has 0 bridgehead atoms. The van der Waals surface area contributed by atoms with Crippen LogP contribution in [0.4, 0.5) is 15.9 Å². The third-order valence-electron chi connectivity index (χ3n) is 4.82. The summed E-state index contributed by atoms with van der Waals surface area (Å²) in [5, 5.41) is 7.97. The van der Waals surface area contributed by atoms with E-state index in [1.807, 2.05) is 12.1 Å². The van der Waals surface area contributed by atoms with Crippen molar-refractivity contribution in [3.63, 3.8) is 0 Å². The molecule has 31 heavy (non-hydrogen) atoms. The van der Waals surface area contributed by atoms with Gasteiger partial charge in [0.2, 0.25) is 5.91 Å². The Morgan fingerprint density at radius 3 is 2.48 bits per heavy atom. The van der Waals surface area contributed by atoms with Crippen molar-refractivity contribution in [3.8, 4) is 22.4 Å². The molecule has 0 saturated heterocycles. The number of nitrogen functional groups attached to an aromatic ring is 1. The van der Waals surface area contributed by atoms with E-state index in [9.17, 15) is 9.18 Å². The van der Waals surface area contributed by atoms with Crippen LogP contribution in [0.25, 0.3) is 22.4 Å². The van der Waals surface area contributed by atoms with Crippen molar-refractivity contribution in [3.05, 3.63) is 83.4 Å². The van der Waals surface area contributed by atoms with Gasteiger partial charge in [0, 0.05) is 35.7 Å². The number of nitrogens with one attached hydrogen (secondary N) is 1. The van der Waals surface area contributed by atoms with Crippen molar-refractivity contribution in [1.29, 1.82) is 0 Å².